The van der Waals surface area contributed by atoms with Gasteiger partial charge in [-0.05, 0) is 30.5 Å². The molecule has 2 rings (SSSR count). The fourth-order valence-electron chi connectivity index (χ4n) is 2.80. The van der Waals surface area contributed by atoms with Gasteiger partial charge in [0.15, 0.2) is 12.4 Å². The van der Waals surface area contributed by atoms with Gasteiger partial charge in [-0.25, -0.2) is 9.59 Å². The number of hydrogen-bond acceptors (Lipinski definition) is 6. The molecule has 0 aliphatic carbocycles. The quantitative estimate of drug-likeness (QED) is 0.608. The molecule has 0 aliphatic heterocycles. The van der Waals surface area contributed by atoms with Crippen molar-refractivity contribution >= 4 is 23.8 Å². The molecule has 1 atom stereocenters. The highest BCUT2D eigenvalue weighted by Gasteiger charge is 2.25. The van der Waals surface area contributed by atoms with Crippen molar-refractivity contribution in [1.29, 1.82) is 0 Å². The predicted octanol–water partition coefficient (Wildman–Crippen LogP) is 2.20. The number of esters is 1. The Balaban J connectivity index is 1.94. The number of carbonyl (C=O) groups is 4. The average Bonchev–Trinajstić information content (AvgIpc) is 2.70. The van der Waals surface area contributed by atoms with Gasteiger partial charge in [0, 0.05) is 0 Å². The van der Waals surface area contributed by atoms with Crippen LogP contribution in [0, 0.1) is 13.8 Å². The van der Waals surface area contributed by atoms with Crippen molar-refractivity contribution < 1.29 is 28.7 Å². The topological polar surface area (TPSA) is 125 Å². The first-order valence-corrected chi connectivity index (χ1v) is 9.29. The van der Waals surface area contributed by atoms with Crippen LogP contribution in [0.1, 0.15) is 33.5 Å². The Morgan fingerprint density at radius 2 is 1.57 bits per heavy atom. The molecule has 3 N–H and O–H groups in total. The third kappa shape index (κ3) is 6.73. The molecule has 1 unspecified atom stereocenters. The van der Waals surface area contributed by atoms with E-state index in [4.69, 9.17) is 15.2 Å². The highest BCUT2D eigenvalue weighted by atomic mass is 16.5. The zero-order chi connectivity index (χ0) is 22.1. The normalized spacial score (nSPS) is 11.3. The second kappa shape index (κ2) is 10.8. The second-order valence-electron chi connectivity index (χ2n) is 6.74. The van der Waals surface area contributed by atoms with Gasteiger partial charge < -0.3 is 20.5 Å². The molecular formula is C22H24N2O6. The minimum atomic E-state index is -1.27. The molecule has 0 bridgehead atoms. The molecule has 2 aromatic carbocycles. The monoisotopic (exact) mass is 412 g/mol. The summed E-state index contributed by atoms with van der Waals surface area (Å²) in [5, 5.41) is 2.30. The van der Waals surface area contributed by atoms with Crippen LogP contribution >= 0.6 is 0 Å². The molecule has 0 aromatic heterocycles. The summed E-state index contributed by atoms with van der Waals surface area (Å²) in [7, 11) is 0. The van der Waals surface area contributed by atoms with E-state index in [2.05, 4.69) is 5.32 Å². The Morgan fingerprint density at radius 3 is 2.17 bits per heavy atom. The molecule has 0 fully saturated rings. The van der Waals surface area contributed by atoms with Crippen LogP contribution in [0.3, 0.4) is 0 Å². The van der Waals surface area contributed by atoms with E-state index in [-0.39, 0.29) is 6.61 Å². The van der Waals surface area contributed by atoms with Crippen molar-refractivity contribution in [2.24, 2.45) is 5.73 Å². The molecule has 30 heavy (non-hydrogen) atoms. The number of primary amides is 1. The lowest BCUT2D eigenvalue weighted by Crippen LogP contribution is -2.45. The van der Waals surface area contributed by atoms with E-state index >= 15 is 0 Å². The molecule has 0 radical (unpaired) electrons. The fourth-order valence-corrected chi connectivity index (χ4v) is 2.80. The van der Waals surface area contributed by atoms with Crippen LogP contribution in [0.25, 0.3) is 0 Å². The Morgan fingerprint density at radius 1 is 0.933 bits per heavy atom. The second-order valence-corrected chi connectivity index (χ2v) is 6.74. The summed E-state index contributed by atoms with van der Waals surface area (Å²) in [5.41, 5.74) is 7.72. The van der Waals surface area contributed by atoms with Crippen LogP contribution < -0.4 is 11.1 Å². The summed E-state index contributed by atoms with van der Waals surface area (Å²) in [5.74, 6) is -2.13. The predicted molar refractivity (Wildman–Crippen MR) is 109 cm³/mol. The van der Waals surface area contributed by atoms with Crippen molar-refractivity contribution in [2.75, 3.05) is 6.61 Å². The molecule has 0 heterocycles. The summed E-state index contributed by atoms with van der Waals surface area (Å²) in [6.07, 6.45) is -1.33. The van der Waals surface area contributed by atoms with Crippen molar-refractivity contribution in [3.63, 3.8) is 0 Å². The van der Waals surface area contributed by atoms with E-state index in [1.54, 1.807) is 56.3 Å². The number of benzene rings is 2. The van der Waals surface area contributed by atoms with Crippen molar-refractivity contribution in [3.05, 3.63) is 70.8 Å². The Hall–Kier alpha value is -3.68. The van der Waals surface area contributed by atoms with Gasteiger partial charge in [0.25, 0.3) is 0 Å². The number of nitrogens with two attached hydrogens (primary N) is 1. The van der Waals surface area contributed by atoms with Crippen LogP contribution in [-0.4, -0.2) is 36.4 Å². The van der Waals surface area contributed by atoms with E-state index in [0.717, 1.165) is 5.56 Å². The van der Waals surface area contributed by atoms with Crippen LogP contribution in [0.5, 0.6) is 0 Å². The van der Waals surface area contributed by atoms with E-state index < -0.39 is 42.8 Å². The number of Topliss-reactive ketones (excluding diaryl/α,β-unsaturated/α-hetero) is 1. The van der Waals surface area contributed by atoms with Gasteiger partial charge in [0.1, 0.15) is 12.6 Å². The summed E-state index contributed by atoms with van der Waals surface area (Å²) in [6, 6.07) is 13.0. The van der Waals surface area contributed by atoms with E-state index in [1.807, 2.05) is 6.07 Å². The maximum absolute atomic E-state index is 12.4. The molecule has 0 aliphatic rings. The lowest BCUT2D eigenvalue weighted by Gasteiger charge is -2.17. The molecule has 2 aromatic rings. The average molecular weight is 412 g/mol. The van der Waals surface area contributed by atoms with E-state index in [1.165, 1.54) is 0 Å². The van der Waals surface area contributed by atoms with Gasteiger partial charge in [-0.2, -0.15) is 0 Å². The highest BCUT2D eigenvalue weighted by Crippen LogP contribution is 2.14. The third-order valence-corrected chi connectivity index (χ3v) is 4.33. The number of ether oxygens (including phenoxy) is 2. The molecule has 0 saturated heterocycles. The SMILES string of the molecule is Cc1cccc(C)c1C(=O)OCC(=O)C(CC(N)=O)NC(=O)OCc1ccccc1. The number of ketones is 1. The number of amides is 2. The summed E-state index contributed by atoms with van der Waals surface area (Å²) in [4.78, 5) is 48.1. The minimum absolute atomic E-state index is 0.00823. The van der Waals surface area contributed by atoms with Crippen molar-refractivity contribution in [2.45, 2.75) is 32.9 Å². The molecule has 8 heteroatoms. The molecule has 0 saturated carbocycles. The molecule has 2 amide bonds. The van der Waals surface area contributed by atoms with Gasteiger partial charge in [0.2, 0.25) is 5.91 Å². The number of aryl methyl sites for hydroxylation is 2. The van der Waals surface area contributed by atoms with Crippen LogP contribution in [0.15, 0.2) is 48.5 Å². The minimum Gasteiger partial charge on any atom is -0.454 e. The first-order chi connectivity index (χ1) is 14.3. The third-order valence-electron chi connectivity index (χ3n) is 4.33. The zero-order valence-corrected chi connectivity index (χ0v) is 16.8. The van der Waals surface area contributed by atoms with Gasteiger partial charge in [-0.1, -0.05) is 48.5 Å². The smallest absolute Gasteiger partial charge is 0.408 e. The number of alkyl carbamates (subject to hydrolysis) is 1. The summed E-state index contributed by atoms with van der Waals surface area (Å²) in [6.45, 7) is 2.88. The van der Waals surface area contributed by atoms with Gasteiger partial charge in [-0.15, -0.1) is 0 Å². The standard InChI is InChI=1S/C22H24N2O6/c1-14-7-6-8-15(2)20(14)21(27)29-13-18(25)17(11-19(23)26)24-22(28)30-12-16-9-4-3-5-10-16/h3-10,17H,11-13H2,1-2H3,(H2,23,26)(H,24,28). The summed E-state index contributed by atoms with van der Waals surface area (Å²) < 4.78 is 10.1. The fraction of sp³-hybridized carbons (Fsp3) is 0.273. The van der Waals surface area contributed by atoms with Gasteiger partial charge in [0.05, 0.1) is 12.0 Å². The number of rotatable bonds is 9. The van der Waals surface area contributed by atoms with Crippen LogP contribution in [-0.2, 0) is 25.7 Å². The molecule has 0 spiro atoms. The Labute approximate surface area is 174 Å². The maximum atomic E-state index is 12.4. The first-order valence-electron chi connectivity index (χ1n) is 9.29. The maximum Gasteiger partial charge on any atom is 0.408 e. The lowest BCUT2D eigenvalue weighted by molar-refractivity contribution is -0.127. The van der Waals surface area contributed by atoms with Gasteiger partial charge in [-0.3, -0.25) is 9.59 Å². The molecule has 8 nitrogen and oxygen atoms in total. The summed E-state index contributed by atoms with van der Waals surface area (Å²) >= 11 is 0. The van der Waals surface area contributed by atoms with Crippen molar-refractivity contribution in [3.8, 4) is 0 Å². The van der Waals surface area contributed by atoms with Gasteiger partial charge >= 0.3 is 12.1 Å². The number of carbonyl (C=O) groups excluding carboxylic acids is 4. The number of hydrogen-bond donors (Lipinski definition) is 2. The first kappa shape index (κ1) is 22.6. The van der Waals surface area contributed by atoms with Crippen LogP contribution in [0.2, 0.25) is 0 Å². The van der Waals surface area contributed by atoms with E-state index in [9.17, 15) is 19.2 Å². The Kier molecular flexibility index (Phi) is 8.10. The molecular weight excluding hydrogens is 388 g/mol. The van der Waals surface area contributed by atoms with Crippen molar-refractivity contribution in [1.82, 2.24) is 5.32 Å². The highest BCUT2D eigenvalue weighted by molar-refractivity contribution is 5.96. The largest absolute Gasteiger partial charge is 0.454 e. The lowest BCUT2D eigenvalue weighted by atomic mass is 10.0. The number of nitrogens with one attached hydrogen (secondary N) is 1. The Bertz CT molecular complexity index is 906. The molecule has 158 valence electrons. The van der Waals surface area contributed by atoms with E-state index in [0.29, 0.717) is 16.7 Å². The zero-order valence-electron chi connectivity index (χ0n) is 16.8. The van der Waals surface area contributed by atoms with Crippen LogP contribution in [0.4, 0.5) is 4.79 Å².